The van der Waals surface area contributed by atoms with Crippen LogP contribution in [0.15, 0.2) is 43.0 Å². The molecule has 5 nitrogen and oxygen atoms in total. The van der Waals surface area contributed by atoms with Gasteiger partial charge >= 0.3 is 0 Å². The highest BCUT2D eigenvalue weighted by atomic mass is 35.5. The number of aromatic nitrogens is 4. The van der Waals surface area contributed by atoms with E-state index in [2.05, 4.69) is 14.6 Å². The van der Waals surface area contributed by atoms with Gasteiger partial charge in [-0.25, -0.2) is 4.52 Å². The molecule has 18 heavy (non-hydrogen) atoms. The molecule has 3 aromatic heterocycles. The fourth-order valence-electron chi connectivity index (χ4n) is 1.91. The topological polar surface area (TPSA) is 61.1 Å². The van der Waals surface area contributed by atoms with Gasteiger partial charge in [0.1, 0.15) is 5.65 Å². The van der Waals surface area contributed by atoms with Crippen molar-refractivity contribution in [3.63, 3.8) is 0 Å². The predicted molar refractivity (Wildman–Crippen MR) is 72.7 cm³/mol. The molecular weight excluding hydrogens is 250 g/mol. The van der Waals surface area contributed by atoms with Crippen LogP contribution >= 0.6 is 12.4 Å². The summed E-state index contributed by atoms with van der Waals surface area (Å²) in [6.07, 6.45) is 7.50. The minimum absolute atomic E-state index is 0. The van der Waals surface area contributed by atoms with Crippen molar-refractivity contribution in [1.82, 2.24) is 19.2 Å². The number of imidazole rings is 1. The normalized spacial score (nSPS) is 10.5. The molecule has 3 aromatic rings. The van der Waals surface area contributed by atoms with E-state index in [4.69, 9.17) is 5.73 Å². The second-order valence-electron chi connectivity index (χ2n) is 3.85. The van der Waals surface area contributed by atoms with Crippen LogP contribution < -0.4 is 5.73 Å². The molecule has 94 valence electrons. The molecule has 0 spiro atoms. The summed E-state index contributed by atoms with van der Waals surface area (Å²) < 4.78 is 3.95. The summed E-state index contributed by atoms with van der Waals surface area (Å²) in [5.41, 5.74) is 8.57. The molecule has 0 radical (unpaired) electrons. The second-order valence-corrected chi connectivity index (χ2v) is 3.85. The lowest BCUT2D eigenvalue weighted by atomic mass is 10.2. The monoisotopic (exact) mass is 263 g/mol. The molecule has 0 atom stereocenters. The van der Waals surface area contributed by atoms with Crippen LogP contribution in [0.4, 0.5) is 0 Å². The summed E-state index contributed by atoms with van der Waals surface area (Å²) in [7, 11) is 0. The fourth-order valence-corrected chi connectivity index (χ4v) is 1.91. The van der Waals surface area contributed by atoms with E-state index in [1.807, 2.05) is 41.3 Å². The van der Waals surface area contributed by atoms with Crippen LogP contribution in [-0.2, 0) is 6.54 Å². The Morgan fingerprint density at radius 1 is 1.28 bits per heavy atom. The van der Waals surface area contributed by atoms with Crippen molar-refractivity contribution >= 4 is 18.1 Å². The van der Waals surface area contributed by atoms with Gasteiger partial charge in [-0.3, -0.25) is 4.98 Å². The number of hydrogen-bond acceptors (Lipinski definition) is 3. The zero-order valence-electron chi connectivity index (χ0n) is 9.73. The summed E-state index contributed by atoms with van der Waals surface area (Å²) >= 11 is 0. The third-order valence-electron chi connectivity index (χ3n) is 2.73. The van der Waals surface area contributed by atoms with Crippen molar-refractivity contribution in [2.75, 3.05) is 6.54 Å². The van der Waals surface area contributed by atoms with Gasteiger partial charge in [0.25, 0.3) is 0 Å². The van der Waals surface area contributed by atoms with Crippen LogP contribution in [0.25, 0.3) is 16.9 Å². The van der Waals surface area contributed by atoms with E-state index >= 15 is 0 Å². The van der Waals surface area contributed by atoms with Gasteiger partial charge in [-0.05, 0) is 12.1 Å². The molecular formula is C12H14ClN5. The van der Waals surface area contributed by atoms with E-state index in [1.165, 1.54) is 0 Å². The van der Waals surface area contributed by atoms with E-state index in [1.54, 1.807) is 6.20 Å². The highest BCUT2D eigenvalue weighted by molar-refractivity contribution is 5.85. The van der Waals surface area contributed by atoms with Crippen LogP contribution in [0.5, 0.6) is 0 Å². The Labute approximate surface area is 111 Å². The van der Waals surface area contributed by atoms with Crippen molar-refractivity contribution in [2.24, 2.45) is 5.73 Å². The van der Waals surface area contributed by atoms with E-state index in [-0.39, 0.29) is 12.4 Å². The maximum atomic E-state index is 5.57. The molecule has 3 rings (SSSR count). The van der Waals surface area contributed by atoms with Crippen molar-refractivity contribution < 1.29 is 0 Å². The zero-order chi connectivity index (χ0) is 11.7. The number of pyridine rings is 1. The van der Waals surface area contributed by atoms with E-state index in [9.17, 15) is 0 Å². The van der Waals surface area contributed by atoms with Gasteiger partial charge in [-0.2, -0.15) is 5.10 Å². The first-order valence-corrected chi connectivity index (χ1v) is 5.53. The summed E-state index contributed by atoms with van der Waals surface area (Å²) in [4.78, 5) is 4.10. The van der Waals surface area contributed by atoms with Gasteiger partial charge in [0.05, 0.1) is 5.69 Å². The van der Waals surface area contributed by atoms with Gasteiger partial charge in [-0.1, -0.05) is 0 Å². The van der Waals surface area contributed by atoms with Crippen molar-refractivity contribution in [3.05, 3.63) is 43.0 Å². The molecule has 0 bridgehead atoms. The maximum Gasteiger partial charge on any atom is 0.136 e. The summed E-state index contributed by atoms with van der Waals surface area (Å²) in [6, 6.07) is 5.96. The average Bonchev–Trinajstić information content (AvgIpc) is 2.93. The van der Waals surface area contributed by atoms with E-state index in [0.717, 1.165) is 23.4 Å². The molecule has 6 heteroatoms. The predicted octanol–water partition coefficient (Wildman–Crippen LogP) is 1.58. The van der Waals surface area contributed by atoms with Crippen LogP contribution in [0.1, 0.15) is 0 Å². The molecule has 0 aliphatic rings. The minimum Gasteiger partial charge on any atom is -0.330 e. The van der Waals surface area contributed by atoms with Crippen LogP contribution in [0, 0.1) is 0 Å². The zero-order valence-corrected chi connectivity index (χ0v) is 10.5. The van der Waals surface area contributed by atoms with Gasteiger partial charge in [0, 0.05) is 49.5 Å². The third kappa shape index (κ3) is 2.10. The van der Waals surface area contributed by atoms with E-state index in [0.29, 0.717) is 6.54 Å². The fraction of sp³-hybridized carbons (Fsp3) is 0.167. The van der Waals surface area contributed by atoms with Gasteiger partial charge in [0.15, 0.2) is 0 Å². The quantitative estimate of drug-likeness (QED) is 0.780. The first-order chi connectivity index (χ1) is 8.38. The number of nitrogens with zero attached hydrogens (tertiary/aromatic N) is 4. The van der Waals surface area contributed by atoms with Crippen molar-refractivity contribution in [2.45, 2.75) is 6.54 Å². The average molecular weight is 264 g/mol. The lowest BCUT2D eigenvalue weighted by Gasteiger charge is -1.98. The Bertz CT molecular complexity index is 628. The van der Waals surface area contributed by atoms with Crippen LogP contribution in [-0.4, -0.2) is 25.7 Å². The Kier molecular flexibility index (Phi) is 3.64. The lowest BCUT2D eigenvalue weighted by molar-refractivity contribution is 0.730. The molecule has 0 unspecified atom stereocenters. The van der Waals surface area contributed by atoms with Gasteiger partial charge < -0.3 is 10.3 Å². The standard InChI is InChI=1S/C12H13N5.ClH/c13-3-5-16-6-7-17-12(16)8-11(15-17)10-2-1-4-14-9-10;/h1-2,4,6-9H,3,5,13H2;1H. The van der Waals surface area contributed by atoms with Crippen LogP contribution in [0.2, 0.25) is 0 Å². The number of rotatable bonds is 3. The largest absolute Gasteiger partial charge is 0.330 e. The summed E-state index contributed by atoms with van der Waals surface area (Å²) in [6.45, 7) is 1.42. The van der Waals surface area contributed by atoms with Gasteiger partial charge in [-0.15, -0.1) is 12.4 Å². The Morgan fingerprint density at radius 3 is 2.89 bits per heavy atom. The highest BCUT2D eigenvalue weighted by Gasteiger charge is 2.07. The smallest absolute Gasteiger partial charge is 0.136 e. The minimum atomic E-state index is 0. The molecule has 0 aliphatic heterocycles. The number of nitrogens with two attached hydrogens (primary N) is 1. The molecule has 0 aromatic carbocycles. The first kappa shape index (κ1) is 12.6. The number of hydrogen-bond donors (Lipinski definition) is 1. The molecule has 3 heterocycles. The van der Waals surface area contributed by atoms with Gasteiger partial charge in [0.2, 0.25) is 0 Å². The molecule has 0 saturated carbocycles. The SMILES string of the molecule is Cl.NCCn1ccn2nc(-c3cccnc3)cc12. The summed E-state index contributed by atoms with van der Waals surface area (Å²) in [5.74, 6) is 0. The number of halogens is 1. The first-order valence-electron chi connectivity index (χ1n) is 5.53. The van der Waals surface area contributed by atoms with Crippen molar-refractivity contribution in [3.8, 4) is 11.3 Å². The highest BCUT2D eigenvalue weighted by Crippen LogP contribution is 2.18. The summed E-state index contributed by atoms with van der Waals surface area (Å²) in [5, 5.41) is 4.50. The lowest BCUT2D eigenvalue weighted by Crippen LogP contribution is -2.08. The van der Waals surface area contributed by atoms with E-state index < -0.39 is 0 Å². The molecule has 0 saturated heterocycles. The Morgan fingerprint density at radius 2 is 2.17 bits per heavy atom. The second kappa shape index (κ2) is 5.20. The third-order valence-corrected chi connectivity index (χ3v) is 2.73. The molecule has 2 N–H and O–H groups in total. The Hall–Kier alpha value is -1.85. The molecule has 0 aliphatic carbocycles. The Balaban J connectivity index is 0.00000120. The van der Waals surface area contributed by atoms with Crippen LogP contribution in [0.3, 0.4) is 0 Å². The maximum absolute atomic E-state index is 5.57. The molecule has 0 fully saturated rings. The number of fused-ring (bicyclic) bond motifs is 1. The molecule has 0 amide bonds. The van der Waals surface area contributed by atoms with Crippen molar-refractivity contribution in [1.29, 1.82) is 0 Å².